The van der Waals surface area contributed by atoms with E-state index in [1.165, 1.54) is 18.7 Å². The largest absolute Gasteiger partial charge is 0.508 e. The van der Waals surface area contributed by atoms with Crippen molar-refractivity contribution in [2.45, 2.75) is 39.3 Å². The van der Waals surface area contributed by atoms with E-state index in [2.05, 4.69) is 30.6 Å². The van der Waals surface area contributed by atoms with Gasteiger partial charge >= 0.3 is 0 Å². The maximum atomic E-state index is 9.30. The molecular formula is C16H26N2O. The molecule has 0 spiro atoms. The number of hydrogen-bond acceptors (Lipinski definition) is 3. The Bertz CT molecular complexity index is 380. The summed E-state index contributed by atoms with van der Waals surface area (Å²) in [6.07, 6.45) is 1.06. The molecule has 0 radical (unpaired) electrons. The van der Waals surface area contributed by atoms with Crippen molar-refractivity contribution < 1.29 is 5.11 Å². The van der Waals surface area contributed by atoms with Gasteiger partial charge in [-0.05, 0) is 44.9 Å². The molecule has 0 saturated carbocycles. The lowest BCUT2D eigenvalue weighted by molar-refractivity contribution is 0.0834. The quantitative estimate of drug-likeness (QED) is 0.902. The Morgan fingerprint density at radius 3 is 2.00 bits per heavy atom. The Kier molecular flexibility index (Phi) is 4.83. The summed E-state index contributed by atoms with van der Waals surface area (Å²) in [5.41, 5.74) is 1.30. The molecule has 1 aliphatic rings. The molecule has 0 aliphatic carbocycles. The van der Waals surface area contributed by atoms with E-state index in [1.54, 1.807) is 12.1 Å². The minimum atomic E-state index is 0.349. The van der Waals surface area contributed by atoms with Gasteiger partial charge in [-0.3, -0.25) is 9.80 Å². The van der Waals surface area contributed by atoms with Crippen molar-refractivity contribution in [3.8, 4) is 5.75 Å². The zero-order chi connectivity index (χ0) is 13.8. The summed E-state index contributed by atoms with van der Waals surface area (Å²) in [6, 6.07) is 8.83. The molecule has 1 aromatic carbocycles. The predicted octanol–water partition coefficient (Wildman–Crippen LogP) is 2.35. The highest BCUT2D eigenvalue weighted by Gasteiger charge is 2.22. The van der Waals surface area contributed by atoms with Crippen LogP contribution in [0.1, 0.15) is 26.3 Å². The minimum Gasteiger partial charge on any atom is -0.508 e. The molecule has 0 bridgehead atoms. The molecule has 1 atom stereocenters. The van der Waals surface area contributed by atoms with Crippen molar-refractivity contribution >= 4 is 0 Å². The Balaban J connectivity index is 1.84. The smallest absolute Gasteiger partial charge is 0.115 e. The molecular weight excluding hydrogens is 236 g/mol. The summed E-state index contributed by atoms with van der Waals surface area (Å²) in [7, 11) is 0. The van der Waals surface area contributed by atoms with E-state index in [1.807, 2.05) is 12.1 Å². The zero-order valence-corrected chi connectivity index (χ0v) is 12.3. The van der Waals surface area contributed by atoms with E-state index in [4.69, 9.17) is 0 Å². The van der Waals surface area contributed by atoms with E-state index in [0.717, 1.165) is 19.5 Å². The van der Waals surface area contributed by atoms with Crippen LogP contribution in [0.5, 0.6) is 5.75 Å². The Hall–Kier alpha value is -1.06. The zero-order valence-electron chi connectivity index (χ0n) is 12.3. The van der Waals surface area contributed by atoms with Gasteiger partial charge in [-0.15, -0.1) is 0 Å². The Morgan fingerprint density at radius 2 is 1.47 bits per heavy atom. The van der Waals surface area contributed by atoms with E-state index >= 15 is 0 Å². The molecule has 0 aromatic heterocycles. The second kappa shape index (κ2) is 6.40. The molecule has 1 unspecified atom stereocenters. The van der Waals surface area contributed by atoms with Gasteiger partial charge in [-0.1, -0.05) is 12.1 Å². The molecule has 1 heterocycles. The number of nitrogens with zero attached hydrogens (tertiary/aromatic N) is 2. The van der Waals surface area contributed by atoms with Crippen LogP contribution >= 0.6 is 0 Å². The van der Waals surface area contributed by atoms with Crippen molar-refractivity contribution in [3.05, 3.63) is 29.8 Å². The van der Waals surface area contributed by atoms with E-state index < -0.39 is 0 Å². The van der Waals surface area contributed by atoms with Gasteiger partial charge in [0.25, 0.3) is 0 Å². The highest BCUT2D eigenvalue weighted by molar-refractivity contribution is 5.26. The van der Waals surface area contributed by atoms with Crippen molar-refractivity contribution in [1.82, 2.24) is 9.80 Å². The van der Waals surface area contributed by atoms with Gasteiger partial charge in [0.05, 0.1) is 0 Å². The molecule has 1 fully saturated rings. The lowest BCUT2D eigenvalue weighted by atomic mass is 10.0. The van der Waals surface area contributed by atoms with Crippen molar-refractivity contribution in [3.63, 3.8) is 0 Å². The van der Waals surface area contributed by atoms with Crippen LogP contribution < -0.4 is 0 Å². The standard InChI is InChI=1S/C16H26N2O/c1-13(2)17-8-10-18(11-9-17)14(3)12-15-4-6-16(19)7-5-15/h4-7,13-14,19H,8-12H2,1-3H3. The van der Waals surface area contributed by atoms with Gasteiger partial charge in [-0.2, -0.15) is 0 Å². The fourth-order valence-electron chi connectivity index (χ4n) is 2.80. The van der Waals surface area contributed by atoms with Crippen molar-refractivity contribution in [2.75, 3.05) is 26.2 Å². The monoisotopic (exact) mass is 262 g/mol. The van der Waals surface area contributed by atoms with Gasteiger partial charge in [-0.25, -0.2) is 0 Å². The van der Waals surface area contributed by atoms with Crippen LogP contribution in [0.25, 0.3) is 0 Å². The second-order valence-corrected chi connectivity index (χ2v) is 5.89. The van der Waals surface area contributed by atoms with Gasteiger partial charge in [0.2, 0.25) is 0 Å². The lowest BCUT2D eigenvalue weighted by Crippen LogP contribution is -2.51. The molecule has 1 N–H and O–H groups in total. The molecule has 3 heteroatoms. The molecule has 1 aliphatic heterocycles. The van der Waals surface area contributed by atoms with Gasteiger partial charge in [0.1, 0.15) is 5.75 Å². The highest BCUT2D eigenvalue weighted by atomic mass is 16.3. The van der Waals surface area contributed by atoms with Crippen molar-refractivity contribution in [1.29, 1.82) is 0 Å². The first-order valence-corrected chi connectivity index (χ1v) is 7.32. The number of phenolic OH excluding ortho intramolecular Hbond substituents is 1. The van der Waals surface area contributed by atoms with Crippen LogP contribution in [0.2, 0.25) is 0 Å². The summed E-state index contributed by atoms with van der Waals surface area (Å²) in [6.45, 7) is 11.5. The van der Waals surface area contributed by atoms with Crippen LogP contribution in [-0.2, 0) is 6.42 Å². The third-order valence-corrected chi connectivity index (χ3v) is 4.17. The number of piperazine rings is 1. The average molecular weight is 262 g/mol. The second-order valence-electron chi connectivity index (χ2n) is 5.89. The summed E-state index contributed by atoms with van der Waals surface area (Å²) in [4.78, 5) is 5.12. The minimum absolute atomic E-state index is 0.349. The summed E-state index contributed by atoms with van der Waals surface area (Å²) in [5.74, 6) is 0.349. The summed E-state index contributed by atoms with van der Waals surface area (Å²) in [5, 5.41) is 9.30. The SMILES string of the molecule is CC(C)N1CCN(C(C)Cc2ccc(O)cc2)CC1. The topological polar surface area (TPSA) is 26.7 Å². The lowest BCUT2D eigenvalue weighted by Gasteiger charge is -2.39. The molecule has 1 aromatic rings. The van der Waals surface area contributed by atoms with Crippen LogP contribution in [0.3, 0.4) is 0 Å². The third-order valence-electron chi connectivity index (χ3n) is 4.17. The van der Waals surface area contributed by atoms with E-state index in [9.17, 15) is 5.11 Å². The molecule has 3 nitrogen and oxygen atoms in total. The number of hydrogen-bond donors (Lipinski definition) is 1. The van der Waals surface area contributed by atoms with Crippen LogP contribution in [-0.4, -0.2) is 53.2 Å². The molecule has 0 amide bonds. The molecule has 106 valence electrons. The normalized spacial score (nSPS) is 19.8. The summed E-state index contributed by atoms with van der Waals surface area (Å²) < 4.78 is 0. The third kappa shape index (κ3) is 3.95. The number of phenols is 1. The maximum Gasteiger partial charge on any atom is 0.115 e. The fraction of sp³-hybridized carbons (Fsp3) is 0.625. The Labute approximate surface area is 116 Å². The predicted molar refractivity (Wildman–Crippen MR) is 79.6 cm³/mol. The number of benzene rings is 1. The van der Waals surface area contributed by atoms with E-state index in [-0.39, 0.29) is 0 Å². The number of aromatic hydroxyl groups is 1. The number of rotatable bonds is 4. The molecule has 1 saturated heterocycles. The molecule has 19 heavy (non-hydrogen) atoms. The maximum absolute atomic E-state index is 9.30. The van der Waals surface area contributed by atoms with Crippen LogP contribution in [0.15, 0.2) is 24.3 Å². The first kappa shape index (κ1) is 14.4. The van der Waals surface area contributed by atoms with E-state index in [0.29, 0.717) is 17.8 Å². The van der Waals surface area contributed by atoms with Crippen molar-refractivity contribution in [2.24, 2.45) is 0 Å². The first-order valence-electron chi connectivity index (χ1n) is 7.32. The van der Waals surface area contributed by atoms with Gasteiger partial charge in [0.15, 0.2) is 0 Å². The fourth-order valence-corrected chi connectivity index (χ4v) is 2.80. The average Bonchev–Trinajstić information content (AvgIpc) is 2.41. The van der Waals surface area contributed by atoms with Gasteiger partial charge in [0, 0.05) is 38.3 Å². The Morgan fingerprint density at radius 1 is 0.947 bits per heavy atom. The highest BCUT2D eigenvalue weighted by Crippen LogP contribution is 2.15. The van der Waals surface area contributed by atoms with Crippen LogP contribution in [0.4, 0.5) is 0 Å². The first-order chi connectivity index (χ1) is 9.06. The molecule has 2 rings (SSSR count). The van der Waals surface area contributed by atoms with Crippen LogP contribution in [0, 0.1) is 0 Å². The summed E-state index contributed by atoms with van der Waals surface area (Å²) >= 11 is 0. The van der Waals surface area contributed by atoms with Gasteiger partial charge < -0.3 is 5.11 Å².